The number of pyridine rings is 1. The van der Waals surface area contributed by atoms with Gasteiger partial charge in [-0.2, -0.15) is 0 Å². The van der Waals surface area contributed by atoms with Crippen molar-refractivity contribution in [1.82, 2.24) is 10.3 Å². The molecule has 1 aliphatic rings. The molecule has 2 aromatic rings. The molecule has 1 amide bonds. The molecule has 0 unspecified atom stereocenters. The average molecular weight is 378 g/mol. The largest absolute Gasteiger partial charge is 0.448 e. The average Bonchev–Trinajstić information content (AvgIpc) is 2.93. The smallest absolute Gasteiger partial charge is 0.355 e. The first-order valence-electron chi connectivity index (χ1n) is 8.09. The Morgan fingerprint density at radius 3 is 2.73 bits per heavy atom. The van der Waals surface area contributed by atoms with Gasteiger partial charge in [0.25, 0.3) is 11.5 Å². The maximum absolute atomic E-state index is 12.2. The normalized spacial score (nSPS) is 19.8. The van der Waals surface area contributed by atoms with Crippen molar-refractivity contribution >= 4 is 32.5 Å². The van der Waals surface area contributed by atoms with Gasteiger partial charge in [-0.05, 0) is 30.9 Å². The van der Waals surface area contributed by atoms with E-state index in [0.29, 0.717) is 17.2 Å². The molecule has 2 heterocycles. The molecule has 26 heavy (non-hydrogen) atoms. The zero-order valence-corrected chi connectivity index (χ0v) is 14.8. The third-order valence-corrected chi connectivity index (χ3v) is 5.97. The molecular weight excluding hydrogens is 360 g/mol. The van der Waals surface area contributed by atoms with Crippen LogP contribution in [0.2, 0.25) is 0 Å². The van der Waals surface area contributed by atoms with E-state index in [1.807, 2.05) is 0 Å². The Labute approximate surface area is 149 Å². The number of benzene rings is 1. The van der Waals surface area contributed by atoms with Gasteiger partial charge in [-0.25, -0.2) is 13.2 Å². The molecule has 0 bridgehead atoms. The molecule has 0 radical (unpaired) electrons. The van der Waals surface area contributed by atoms with Crippen molar-refractivity contribution in [2.75, 3.05) is 11.5 Å². The van der Waals surface area contributed by atoms with Crippen LogP contribution in [0.1, 0.15) is 23.8 Å². The summed E-state index contributed by atoms with van der Waals surface area (Å²) in [7, 11) is -3.12. The van der Waals surface area contributed by atoms with E-state index < -0.39 is 39.4 Å². The molecule has 138 valence electrons. The zero-order chi connectivity index (χ0) is 18.9. The molecular formula is C17H18N2O6S. The van der Waals surface area contributed by atoms with Crippen molar-refractivity contribution < 1.29 is 22.7 Å². The van der Waals surface area contributed by atoms with Gasteiger partial charge < -0.3 is 15.0 Å². The highest BCUT2D eigenvalue weighted by Gasteiger charge is 2.30. The number of nitrogens with one attached hydrogen (secondary N) is 2. The summed E-state index contributed by atoms with van der Waals surface area (Å²) in [5, 5.41) is 3.59. The third-order valence-electron chi connectivity index (χ3n) is 4.21. The molecule has 1 aromatic heterocycles. The van der Waals surface area contributed by atoms with Gasteiger partial charge >= 0.3 is 5.97 Å². The van der Waals surface area contributed by atoms with Crippen LogP contribution in [0.15, 0.2) is 35.1 Å². The van der Waals surface area contributed by atoms with Gasteiger partial charge in [-0.1, -0.05) is 18.2 Å². The minimum absolute atomic E-state index is 0.0322. The van der Waals surface area contributed by atoms with E-state index in [0.717, 1.165) is 0 Å². The fourth-order valence-electron chi connectivity index (χ4n) is 2.83. The van der Waals surface area contributed by atoms with Crippen LogP contribution in [0.25, 0.3) is 10.8 Å². The van der Waals surface area contributed by atoms with Crippen LogP contribution >= 0.6 is 0 Å². The van der Waals surface area contributed by atoms with E-state index in [9.17, 15) is 22.8 Å². The molecule has 0 spiro atoms. The predicted octanol–water partition coefficient (Wildman–Crippen LogP) is 0.377. The number of esters is 1. The Kier molecular flexibility index (Phi) is 4.82. The fourth-order valence-corrected chi connectivity index (χ4v) is 4.50. The Bertz CT molecular complexity index is 1030. The number of hydrogen-bond acceptors (Lipinski definition) is 6. The van der Waals surface area contributed by atoms with Crippen LogP contribution in [-0.2, 0) is 19.4 Å². The van der Waals surface area contributed by atoms with E-state index in [2.05, 4.69) is 10.3 Å². The Hall–Kier alpha value is -2.68. The van der Waals surface area contributed by atoms with Gasteiger partial charge in [0.2, 0.25) is 0 Å². The van der Waals surface area contributed by atoms with E-state index in [-0.39, 0.29) is 17.2 Å². The second-order valence-electron chi connectivity index (χ2n) is 6.26. The predicted molar refractivity (Wildman–Crippen MR) is 94.6 cm³/mol. The van der Waals surface area contributed by atoms with Crippen LogP contribution in [0, 0.1) is 0 Å². The summed E-state index contributed by atoms with van der Waals surface area (Å²) in [5.74, 6) is -1.50. The fraction of sp³-hybridized carbons (Fsp3) is 0.353. The number of aromatic amines is 1. The zero-order valence-electron chi connectivity index (χ0n) is 14.0. The Balaban J connectivity index is 1.67. The van der Waals surface area contributed by atoms with Crippen LogP contribution in [0.4, 0.5) is 0 Å². The number of ether oxygens (including phenoxy) is 1. The quantitative estimate of drug-likeness (QED) is 0.742. The van der Waals surface area contributed by atoms with Crippen molar-refractivity contribution in [3.05, 3.63) is 46.4 Å². The third kappa shape index (κ3) is 3.93. The number of amides is 1. The van der Waals surface area contributed by atoms with Gasteiger partial charge in [0, 0.05) is 11.4 Å². The van der Waals surface area contributed by atoms with E-state index >= 15 is 0 Å². The first kappa shape index (κ1) is 18.1. The number of sulfone groups is 1. The van der Waals surface area contributed by atoms with E-state index in [4.69, 9.17) is 4.74 Å². The SMILES string of the molecule is C[C@H](OC(=O)c1cc2ccccc2c(=O)[nH]1)C(=O)N[C@@H]1CCS(=O)(=O)C1. The van der Waals surface area contributed by atoms with Gasteiger partial charge in [0.05, 0.1) is 11.5 Å². The number of fused-ring (bicyclic) bond motifs is 1. The summed E-state index contributed by atoms with van der Waals surface area (Å²) in [6.07, 6.45) is -0.784. The van der Waals surface area contributed by atoms with Crippen LogP contribution in [-0.4, -0.2) is 48.9 Å². The van der Waals surface area contributed by atoms with Crippen molar-refractivity contribution in [3.63, 3.8) is 0 Å². The summed E-state index contributed by atoms with van der Waals surface area (Å²) in [5.41, 5.74) is -0.486. The highest BCUT2D eigenvalue weighted by Crippen LogP contribution is 2.13. The van der Waals surface area contributed by atoms with Gasteiger partial charge in [-0.15, -0.1) is 0 Å². The summed E-state index contributed by atoms with van der Waals surface area (Å²) in [4.78, 5) is 38.8. The molecule has 1 aromatic carbocycles. The first-order valence-corrected chi connectivity index (χ1v) is 9.91. The van der Waals surface area contributed by atoms with Crippen LogP contribution < -0.4 is 10.9 Å². The molecule has 3 rings (SSSR count). The second-order valence-corrected chi connectivity index (χ2v) is 8.48. The van der Waals surface area contributed by atoms with Crippen LogP contribution in [0.5, 0.6) is 0 Å². The maximum atomic E-state index is 12.2. The molecule has 1 aliphatic heterocycles. The highest BCUT2D eigenvalue weighted by atomic mass is 32.2. The lowest BCUT2D eigenvalue weighted by Gasteiger charge is -2.16. The van der Waals surface area contributed by atoms with Gasteiger partial charge in [0.15, 0.2) is 15.9 Å². The number of aromatic nitrogens is 1. The first-order chi connectivity index (χ1) is 12.2. The van der Waals surface area contributed by atoms with Crippen LogP contribution in [0.3, 0.4) is 0 Å². The number of carbonyl (C=O) groups excluding carboxylic acids is 2. The number of carbonyl (C=O) groups is 2. The molecule has 9 heteroatoms. The van der Waals surface area contributed by atoms with E-state index in [1.165, 1.54) is 13.0 Å². The summed E-state index contributed by atoms with van der Waals surface area (Å²) in [6, 6.07) is 7.78. The molecule has 8 nitrogen and oxygen atoms in total. The topological polar surface area (TPSA) is 122 Å². The lowest BCUT2D eigenvalue weighted by molar-refractivity contribution is -0.129. The van der Waals surface area contributed by atoms with Crippen molar-refractivity contribution in [1.29, 1.82) is 0 Å². The standard InChI is InChI=1S/C17H18N2O6S/c1-10(15(20)18-12-6-7-26(23,24)9-12)25-17(22)14-8-11-4-2-3-5-13(11)16(21)19-14/h2-5,8,10,12H,6-7,9H2,1H3,(H,18,20)(H,19,21)/t10-,12+/m0/s1. The number of H-pyrrole nitrogens is 1. The van der Waals surface area contributed by atoms with Crippen molar-refractivity contribution in [2.24, 2.45) is 0 Å². The molecule has 0 aliphatic carbocycles. The van der Waals surface area contributed by atoms with Gasteiger partial charge in [-0.3, -0.25) is 9.59 Å². The number of hydrogen-bond donors (Lipinski definition) is 2. The van der Waals surface area contributed by atoms with Crippen molar-refractivity contribution in [3.8, 4) is 0 Å². The molecule has 1 fully saturated rings. The molecule has 0 saturated carbocycles. The summed E-state index contributed by atoms with van der Waals surface area (Å²) >= 11 is 0. The summed E-state index contributed by atoms with van der Waals surface area (Å²) < 4.78 is 27.9. The summed E-state index contributed by atoms with van der Waals surface area (Å²) in [6.45, 7) is 1.38. The lowest BCUT2D eigenvalue weighted by atomic mass is 10.1. The highest BCUT2D eigenvalue weighted by molar-refractivity contribution is 7.91. The maximum Gasteiger partial charge on any atom is 0.355 e. The number of rotatable bonds is 4. The Morgan fingerprint density at radius 2 is 2.04 bits per heavy atom. The molecule has 2 atom stereocenters. The van der Waals surface area contributed by atoms with E-state index in [1.54, 1.807) is 24.3 Å². The second kappa shape index (κ2) is 6.91. The monoisotopic (exact) mass is 378 g/mol. The minimum atomic E-state index is -3.12. The molecule has 2 N–H and O–H groups in total. The Morgan fingerprint density at radius 1 is 1.31 bits per heavy atom. The van der Waals surface area contributed by atoms with Crippen molar-refractivity contribution in [2.45, 2.75) is 25.5 Å². The minimum Gasteiger partial charge on any atom is -0.448 e. The lowest BCUT2D eigenvalue weighted by Crippen LogP contribution is -2.42. The van der Waals surface area contributed by atoms with Gasteiger partial charge in [0.1, 0.15) is 5.69 Å². The molecule has 1 saturated heterocycles.